The van der Waals surface area contributed by atoms with Crippen molar-refractivity contribution in [2.24, 2.45) is 5.73 Å². The fraction of sp³-hybridized carbons (Fsp3) is 0.905. The molecule has 6 heteroatoms. The minimum absolute atomic E-state index is 0.155. The van der Waals surface area contributed by atoms with Crippen molar-refractivity contribution in [3.8, 4) is 0 Å². The first-order chi connectivity index (χ1) is 12.8. The number of aliphatic hydroxyl groups excluding tert-OH is 1. The molecule has 27 heavy (non-hydrogen) atoms. The molecule has 0 aliphatic rings. The summed E-state index contributed by atoms with van der Waals surface area (Å²) in [7, 11) is 3.75. The Balaban J connectivity index is -0.000000530. The Morgan fingerprint density at radius 2 is 1.07 bits per heavy atom. The smallest absolute Gasteiger partial charge is 0.332 e. The Morgan fingerprint density at radius 1 is 0.815 bits per heavy atom. The van der Waals surface area contributed by atoms with E-state index in [0.29, 0.717) is 6.42 Å². The summed E-state index contributed by atoms with van der Waals surface area (Å²) in [5, 5.41) is 18.5. The van der Waals surface area contributed by atoms with Crippen LogP contribution in [0.1, 0.15) is 104 Å². The van der Waals surface area contributed by atoms with Gasteiger partial charge in [0.05, 0.1) is 0 Å². The molecule has 164 valence electrons. The van der Waals surface area contributed by atoms with Gasteiger partial charge in [0.1, 0.15) is 6.10 Å². The highest BCUT2D eigenvalue weighted by atomic mass is 16.4. The molecule has 1 amide bonds. The van der Waals surface area contributed by atoms with Crippen LogP contribution in [0.2, 0.25) is 0 Å². The maximum atomic E-state index is 10.5. The van der Waals surface area contributed by atoms with Crippen molar-refractivity contribution < 1.29 is 19.8 Å². The van der Waals surface area contributed by atoms with Crippen LogP contribution in [0.4, 0.5) is 0 Å². The van der Waals surface area contributed by atoms with Crippen LogP contribution in [0.25, 0.3) is 0 Å². The van der Waals surface area contributed by atoms with Gasteiger partial charge in [-0.3, -0.25) is 4.79 Å². The van der Waals surface area contributed by atoms with Crippen LogP contribution in [0.5, 0.6) is 0 Å². The van der Waals surface area contributed by atoms with Crippen molar-refractivity contribution in [2.45, 2.75) is 110 Å². The molecule has 0 saturated carbocycles. The summed E-state index contributed by atoms with van der Waals surface area (Å²) >= 11 is 0. The predicted molar refractivity (Wildman–Crippen MR) is 114 cm³/mol. The highest BCUT2D eigenvalue weighted by Crippen LogP contribution is 2.12. The van der Waals surface area contributed by atoms with Crippen LogP contribution in [0.3, 0.4) is 0 Å². The Labute approximate surface area is 167 Å². The van der Waals surface area contributed by atoms with E-state index >= 15 is 0 Å². The van der Waals surface area contributed by atoms with E-state index in [1.165, 1.54) is 84.0 Å². The fourth-order valence-corrected chi connectivity index (χ4v) is 2.32. The molecule has 1 atom stereocenters. The molecule has 0 fully saturated rings. The number of aliphatic carboxylic acids is 1. The predicted octanol–water partition coefficient (Wildman–Crippen LogP) is 4.24. The monoisotopic (exact) mass is 390 g/mol. The van der Waals surface area contributed by atoms with Gasteiger partial charge in [-0.2, -0.15) is 0 Å². The lowest BCUT2D eigenvalue weighted by atomic mass is 10.0. The average Bonchev–Trinajstić information content (AvgIpc) is 2.60. The van der Waals surface area contributed by atoms with Crippen molar-refractivity contribution in [3.63, 3.8) is 0 Å². The molecule has 0 aromatic rings. The molecule has 0 radical (unpaired) electrons. The number of hydrogen-bond acceptors (Lipinski definition) is 4. The number of carboxylic acids is 1. The van der Waals surface area contributed by atoms with E-state index in [0.717, 1.165) is 6.42 Å². The van der Waals surface area contributed by atoms with Crippen LogP contribution >= 0.6 is 0 Å². The van der Waals surface area contributed by atoms with Crippen LogP contribution in [-0.2, 0) is 9.59 Å². The Kier molecular flexibility index (Phi) is 30.7. The van der Waals surface area contributed by atoms with E-state index in [-0.39, 0.29) is 5.91 Å². The van der Waals surface area contributed by atoms with E-state index in [2.05, 4.69) is 12.2 Å². The number of hydrogen-bond donors (Lipinski definition) is 4. The number of primary amides is 1. The third kappa shape index (κ3) is 40.7. The van der Waals surface area contributed by atoms with Gasteiger partial charge in [-0.1, -0.05) is 84.0 Å². The molecule has 0 spiro atoms. The Hall–Kier alpha value is -1.14. The zero-order valence-corrected chi connectivity index (χ0v) is 18.3. The Morgan fingerprint density at radius 3 is 1.30 bits per heavy atom. The van der Waals surface area contributed by atoms with Gasteiger partial charge in [-0.15, -0.1) is 0 Å². The molecule has 1 unspecified atom stereocenters. The number of nitrogens with one attached hydrogen (secondary N) is 1. The molecule has 0 aromatic heterocycles. The van der Waals surface area contributed by atoms with Crippen LogP contribution in [-0.4, -0.2) is 42.3 Å². The normalized spacial score (nSPS) is 10.9. The van der Waals surface area contributed by atoms with Gasteiger partial charge in [0.2, 0.25) is 5.91 Å². The van der Waals surface area contributed by atoms with Crippen molar-refractivity contribution in [1.82, 2.24) is 5.32 Å². The number of rotatable bonds is 15. The van der Waals surface area contributed by atoms with E-state index in [4.69, 9.17) is 15.9 Å². The van der Waals surface area contributed by atoms with Gasteiger partial charge in [0.25, 0.3) is 0 Å². The lowest BCUT2D eigenvalue weighted by molar-refractivity contribution is -0.145. The lowest BCUT2D eigenvalue weighted by Crippen LogP contribution is -2.13. The highest BCUT2D eigenvalue weighted by Gasteiger charge is 2.01. The molecule has 0 bridgehead atoms. The summed E-state index contributed by atoms with van der Waals surface area (Å²) in [6.45, 7) is 3.46. The average molecular weight is 391 g/mol. The quantitative estimate of drug-likeness (QED) is 0.312. The lowest BCUT2D eigenvalue weighted by Gasteiger charge is -2.02. The number of carboxylic acid groups (broad SMARTS) is 1. The molecule has 0 aliphatic carbocycles. The number of aliphatic hydroxyl groups is 1. The number of amides is 1. The summed E-state index contributed by atoms with van der Waals surface area (Å²) in [5.74, 6) is -1.34. The molecular weight excluding hydrogens is 344 g/mol. The summed E-state index contributed by atoms with van der Waals surface area (Å²) in [6.07, 6.45) is 16.7. The van der Waals surface area contributed by atoms with Crippen LogP contribution in [0.15, 0.2) is 0 Å². The van der Waals surface area contributed by atoms with Crippen molar-refractivity contribution >= 4 is 11.9 Å². The molecule has 0 aliphatic heterocycles. The summed E-state index contributed by atoms with van der Waals surface area (Å²) < 4.78 is 0. The van der Waals surface area contributed by atoms with E-state index in [1.807, 2.05) is 14.1 Å². The van der Waals surface area contributed by atoms with Crippen LogP contribution in [0, 0.1) is 0 Å². The zero-order valence-electron chi connectivity index (χ0n) is 18.3. The van der Waals surface area contributed by atoms with Gasteiger partial charge in [-0.25, -0.2) is 4.79 Å². The summed E-state index contributed by atoms with van der Waals surface area (Å²) in [5.41, 5.74) is 5.09. The van der Waals surface area contributed by atoms with Crippen molar-refractivity contribution in [1.29, 1.82) is 0 Å². The van der Waals surface area contributed by atoms with Gasteiger partial charge in [0, 0.05) is 6.42 Å². The molecule has 0 rings (SSSR count). The third-order valence-electron chi connectivity index (χ3n) is 3.88. The first-order valence-electron chi connectivity index (χ1n) is 10.6. The summed E-state index contributed by atoms with van der Waals surface area (Å²) in [6, 6.07) is 0. The molecule has 0 aromatic carbocycles. The van der Waals surface area contributed by atoms with Crippen LogP contribution < -0.4 is 11.1 Å². The molecule has 6 nitrogen and oxygen atoms in total. The first-order valence-corrected chi connectivity index (χ1v) is 10.6. The SMILES string of the molecule is CC(O)C(=O)O.CCCCCCCCCCCCCCCC(N)=O.CNC. The number of carbonyl (C=O) groups excluding carboxylic acids is 1. The number of unbranched alkanes of at least 4 members (excludes halogenated alkanes) is 12. The fourth-order valence-electron chi connectivity index (χ4n) is 2.32. The van der Waals surface area contributed by atoms with E-state index < -0.39 is 12.1 Å². The Bertz CT molecular complexity index is 311. The van der Waals surface area contributed by atoms with Crippen molar-refractivity contribution in [2.75, 3.05) is 14.1 Å². The van der Waals surface area contributed by atoms with Crippen molar-refractivity contribution in [3.05, 3.63) is 0 Å². The minimum atomic E-state index is -1.23. The van der Waals surface area contributed by atoms with Gasteiger partial charge < -0.3 is 21.3 Å². The largest absolute Gasteiger partial charge is 0.479 e. The minimum Gasteiger partial charge on any atom is -0.479 e. The molecule has 0 heterocycles. The maximum Gasteiger partial charge on any atom is 0.332 e. The molecule has 0 saturated heterocycles. The second-order valence-electron chi connectivity index (χ2n) is 6.97. The summed E-state index contributed by atoms with van der Waals surface area (Å²) in [4.78, 5) is 20.0. The van der Waals surface area contributed by atoms with Gasteiger partial charge >= 0.3 is 5.97 Å². The third-order valence-corrected chi connectivity index (χ3v) is 3.88. The zero-order chi connectivity index (χ0) is 21.3. The number of carbonyl (C=O) groups is 2. The highest BCUT2D eigenvalue weighted by molar-refractivity contribution is 5.73. The maximum absolute atomic E-state index is 10.5. The second-order valence-corrected chi connectivity index (χ2v) is 6.97. The molecule has 5 N–H and O–H groups in total. The molecular formula is C21H46N2O4. The standard InChI is InChI=1S/C16H33NO.C3H6O3.C2H7N/c1-2-3-4-5-6-7-8-9-10-11-12-13-14-15-16(17)18;1-2(4)3(5)6;1-3-2/h2-15H2,1H3,(H2,17,18);2,4H,1H3,(H,5,6);3H,1-2H3. The van der Waals surface area contributed by atoms with Gasteiger partial charge in [-0.05, 0) is 27.4 Å². The second kappa shape index (κ2) is 27.1. The topological polar surface area (TPSA) is 113 Å². The first kappa shape index (κ1) is 30.6. The van der Waals surface area contributed by atoms with E-state index in [1.54, 1.807) is 0 Å². The van der Waals surface area contributed by atoms with Gasteiger partial charge in [0.15, 0.2) is 0 Å². The van der Waals surface area contributed by atoms with E-state index in [9.17, 15) is 9.59 Å². The number of nitrogens with two attached hydrogens (primary N) is 1.